The molecule has 2 amide bonds. The maximum Gasteiger partial charge on any atom is 0.416 e. The van der Waals surface area contributed by atoms with E-state index in [0.29, 0.717) is 26.3 Å². The molecule has 7 nitrogen and oxygen atoms in total. The summed E-state index contributed by atoms with van der Waals surface area (Å²) in [4.78, 5) is 29.2. The smallest absolute Gasteiger partial charge is 0.379 e. The summed E-state index contributed by atoms with van der Waals surface area (Å²) in [7, 11) is 2.06. The Balaban J connectivity index is 1.41. The minimum absolute atomic E-state index is 0.112. The Morgan fingerprint density at radius 1 is 1.03 bits per heavy atom. The molecule has 1 saturated heterocycles. The lowest BCUT2D eigenvalue weighted by Gasteiger charge is -2.35. The van der Waals surface area contributed by atoms with Crippen molar-refractivity contribution in [2.24, 2.45) is 0 Å². The Labute approximate surface area is 195 Å². The van der Waals surface area contributed by atoms with Crippen molar-refractivity contribution in [2.45, 2.75) is 18.6 Å². The second kappa shape index (κ2) is 10.0. The van der Waals surface area contributed by atoms with Gasteiger partial charge in [0.15, 0.2) is 0 Å². The average Bonchev–Trinajstić information content (AvgIpc) is 3.19. The quantitative estimate of drug-likeness (QED) is 0.650. The van der Waals surface area contributed by atoms with Gasteiger partial charge in [0.2, 0.25) is 0 Å². The molecule has 10 heteroatoms. The third-order valence-electron chi connectivity index (χ3n) is 6.23. The van der Waals surface area contributed by atoms with E-state index in [2.05, 4.69) is 45.7 Å². The van der Waals surface area contributed by atoms with Crippen molar-refractivity contribution < 1.29 is 27.5 Å². The van der Waals surface area contributed by atoms with Crippen LogP contribution < -0.4 is 15.5 Å². The summed E-state index contributed by atoms with van der Waals surface area (Å²) >= 11 is 0. The standard InChI is InChI=1S/C24H27F3N4O3/c1-30-9-8-17-14-16(2-7-20(17)30)21(31-10-12-34-13-11-31)15-28-22(32)23(33)29-19-5-3-18(4-6-19)24(25,26)27/h2-7,14,21H,8-13,15H2,1H3,(H,28,32)(H,29,33). The van der Waals surface area contributed by atoms with E-state index in [1.807, 2.05) is 0 Å². The summed E-state index contributed by atoms with van der Waals surface area (Å²) < 4.78 is 43.6. The van der Waals surface area contributed by atoms with Crippen LogP contribution in [-0.4, -0.2) is 63.2 Å². The molecule has 1 fully saturated rings. The molecule has 2 aromatic carbocycles. The Morgan fingerprint density at radius 2 is 1.74 bits per heavy atom. The second-order valence-corrected chi connectivity index (χ2v) is 8.46. The lowest BCUT2D eigenvalue weighted by molar-refractivity contribution is -0.137. The number of carbonyl (C=O) groups is 2. The third kappa shape index (κ3) is 5.51. The van der Waals surface area contributed by atoms with Gasteiger partial charge in [-0.1, -0.05) is 12.1 Å². The van der Waals surface area contributed by atoms with Crippen molar-refractivity contribution in [3.63, 3.8) is 0 Å². The topological polar surface area (TPSA) is 73.9 Å². The van der Waals surface area contributed by atoms with Gasteiger partial charge in [0.25, 0.3) is 0 Å². The van der Waals surface area contributed by atoms with Crippen LogP contribution in [0.25, 0.3) is 0 Å². The van der Waals surface area contributed by atoms with Crippen LogP contribution in [0.1, 0.15) is 22.7 Å². The number of hydrogen-bond acceptors (Lipinski definition) is 5. The van der Waals surface area contributed by atoms with Crippen molar-refractivity contribution in [3.8, 4) is 0 Å². The number of fused-ring (bicyclic) bond motifs is 1. The van der Waals surface area contributed by atoms with Gasteiger partial charge >= 0.3 is 18.0 Å². The average molecular weight is 476 g/mol. The fraction of sp³-hybridized carbons (Fsp3) is 0.417. The largest absolute Gasteiger partial charge is 0.416 e. The molecule has 2 aliphatic heterocycles. The summed E-state index contributed by atoms with van der Waals surface area (Å²) in [5, 5.41) is 5.03. The highest BCUT2D eigenvalue weighted by Crippen LogP contribution is 2.32. The van der Waals surface area contributed by atoms with Gasteiger partial charge in [-0.2, -0.15) is 13.2 Å². The van der Waals surface area contributed by atoms with Gasteiger partial charge in [0.1, 0.15) is 0 Å². The Kier molecular flexibility index (Phi) is 7.08. The molecule has 2 aliphatic rings. The monoisotopic (exact) mass is 476 g/mol. The number of ether oxygens (including phenoxy) is 1. The number of anilines is 2. The molecule has 0 spiro atoms. The molecule has 1 atom stereocenters. The predicted octanol–water partition coefficient (Wildman–Crippen LogP) is 2.83. The Morgan fingerprint density at radius 3 is 2.41 bits per heavy atom. The SMILES string of the molecule is CN1CCc2cc(C(CNC(=O)C(=O)Nc3ccc(C(F)(F)F)cc3)N3CCOCC3)ccc21. The number of hydrogen-bond donors (Lipinski definition) is 2. The van der Waals surface area contributed by atoms with Crippen molar-refractivity contribution in [3.05, 3.63) is 59.2 Å². The Hall–Kier alpha value is -3.11. The lowest BCUT2D eigenvalue weighted by atomic mass is 10.0. The van der Waals surface area contributed by atoms with Crippen LogP contribution in [0.3, 0.4) is 0 Å². The Bertz CT molecular complexity index is 1040. The van der Waals surface area contributed by atoms with Crippen molar-refractivity contribution >= 4 is 23.2 Å². The van der Waals surface area contributed by atoms with Gasteiger partial charge in [-0.25, -0.2) is 0 Å². The van der Waals surface area contributed by atoms with Crippen LogP contribution in [0.2, 0.25) is 0 Å². The maximum absolute atomic E-state index is 12.7. The van der Waals surface area contributed by atoms with E-state index in [9.17, 15) is 22.8 Å². The molecule has 2 N–H and O–H groups in total. The number of benzene rings is 2. The molecule has 0 aliphatic carbocycles. The van der Waals surface area contributed by atoms with Crippen LogP contribution in [0.4, 0.5) is 24.5 Å². The van der Waals surface area contributed by atoms with Gasteiger partial charge in [-0.15, -0.1) is 0 Å². The van der Waals surface area contributed by atoms with Gasteiger partial charge in [-0.05, 0) is 47.9 Å². The number of amides is 2. The highest BCUT2D eigenvalue weighted by molar-refractivity contribution is 6.39. The fourth-order valence-corrected chi connectivity index (χ4v) is 4.34. The maximum atomic E-state index is 12.7. The van der Waals surface area contributed by atoms with E-state index >= 15 is 0 Å². The normalized spacial score (nSPS) is 17.2. The van der Waals surface area contributed by atoms with Gasteiger partial charge in [0.05, 0.1) is 24.8 Å². The first-order valence-corrected chi connectivity index (χ1v) is 11.1. The molecular weight excluding hydrogens is 449 g/mol. The summed E-state index contributed by atoms with van der Waals surface area (Å²) in [6.45, 7) is 3.76. The number of rotatable bonds is 5. The summed E-state index contributed by atoms with van der Waals surface area (Å²) in [6.07, 6.45) is -3.52. The van der Waals surface area contributed by atoms with Gasteiger partial charge in [-0.3, -0.25) is 14.5 Å². The van der Waals surface area contributed by atoms with Gasteiger partial charge < -0.3 is 20.3 Å². The first kappa shape index (κ1) is 24.0. The zero-order chi connectivity index (χ0) is 24.3. The molecule has 182 valence electrons. The first-order chi connectivity index (χ1) is 16.2. The van der Waals surface area contributed by atoms with Crippen LogP contribution in [0, 0.1) is 0 Å². The lowest BCUT2D eigenvalue weighted by Crippen LogP contribution is -2.45. The molecule has 1 unspecified atom stereocenters. The molecule has 0 saturated carbocycles. The number of nitrogens with one attached hydrogen (secondary N) is 2. The highest BCUT2D eigenvalue weighted by Gasteiger charge is 2.30. The van der Waals surface area contributed by atoms with E-state index in [-0.39, 0.29) is 18.3 Å². The molecule has 4 rings (SSSR count). The van der Waals surface area contributed by atoms with Crippen LogP contribution >= 0.6 is 0 Å². The van der Waals surface area contributed by atoms with Crippen LogP contribution in [0.15, 0.2) is 42.5 Å². The summed E-state index contributed by atoms with van der Waals surface area (Å²) in [6, 6.07) is 10.1. The zero-order valence-electron chi connectivity index (χ0n) is 18.8. The minimum Gasteiger partial charge on any atom is -0.379 e. The van der Waals surface area contributed by atoms with Gasteiger partial charge in [0, 0.05) is 44.6 Å². The van der Waals surface area contributed by atoms with Crippen molar-refractivity contribution in [2.75, 3.05) is 56.7 Å². The molecule has 0 aromatic heterocycles. The molecule has 34 heavy (non-hydrogen) atoms. The molecule has 2 heterocycles. The number of carbonyl (C=O) groups excluding carboxylic acids is 2. The fourth-order valence-electron chi connectivity index (χ4n) is 4.34. The minimum atomic E-state index is -4.47. The molecule has 0 bridgehead atoms. The van der Waals surface area contributed by atoms with E-state index in [1.165, 1.54) is 11.3 Å². The predicted molar refractivity (Wildman–Crippen MR) is 122 cm³/mol. The summed E-state index contributed by atoms with van der Waals surface area (Å²) in [5.41, 5.74) is 2.79. The number of alkyl halides is 3. The third-order valence-corrected chi connectivity index (χ3v) is 6.23. The van der Waals surface area contributed by atoms with E-state index in [1.54, 1.807) is 0 Å². The number of nitrogens with zero attached hydrogens (tertiary/aromatic N) is 2. The van der Waals surface area contributed by atoms with E-state index in [4.69, 9.17) is 4.74 Å². The van der Waals surface area contributed by atoms with Crippen molar-refractivity contribution in [1.29, 1.82) is 0 Å². The number of halogens is 3. The number of likely N-dealkylation sites (N-methyl/N-ethyl adjacent to an activating group) is 1. The zero-order valence-corrected chi connectivity index (χ0v) is 18.8. The molecule has 2 aromatic rings. The van der Waals surface area contributed by atoms with Crippen LogP contribution in [-0.2, 0) is 26.9 Å². The molecular formula is C24H27F3N4O3. The summed E-state index contributed by atoms with van der Waals surface area (Å²) in [5.74, 6) is -1.78. The second-order valence-electron chi connectivity index (χ2n) is 8.46. The van der Waals surface area contributed by atoms with Crippen molar-refractivity contribution in [1.82, 2.24) is 10.2 Å². The van der Waals surface area contributed by atoms with E-state index in [0.717, 1.165) is 42.8 Å². The number of morpholine rings is 1. The first-order valence-electron chi connectivity index (χ1n) is 11.1. The van der Waals surface area contributed by atoms with E-state index < -0.39 is 23.6 Å². The molecule has 0 radical (unpaired) electrons. The van der Waals surface area contributed by atoms with Crippen LogP contribution in [0.5, 0.6) is 0 Å². The highest BCUT2D eigenvalue weighted by atomic mass is 19.4.